The maximum absolute atomic E-state index is 11.5. The van der Waals surface area contributed by atoms with Gasteiger partial charge in [-0.05, 0) is 12.0 Å². The highest BCUT2D eigenvalue weighted by Gasteiger charge is 2.53. The lowest BCUT2D eigenvalue weighted by molar-refractivity contribution is -0.154. The van der Waals surface area contributed by atoms with Gasteiger partial charge in [0.05, 0.1) is 12.0 Å². The van der Waals surface area contributed by atoms with Crippen molar-refractivity contribution in [1.82, 2.24) is 0 Å². The van der Waals surface area contributed by atoms with Crippen LogP contribution in [-0.4, -0.2) is 30.4 Å². The number of carbonyl (C=O) groups excluding carboxylic acids is 3. The Bertz CT molecular complexity index is 411. The zero-order chi connectivity index (χ0) is 11.3. The molecule has 2 heterocycles. The molecule has 0 saturated carbocycles. The van der Waals surface area contributed by atoms with Gasteiger partial charge in [0.2, 0.25) is 0 Å². The monoisotopic (exact) mass is 222 g/mol. The molecular formula is C11H10O5. The van der Waals surface area contributed by atoms with Gasteiger partial charge in [-0.1, -0.05) is 6.08 Å². The number of carbonyl (C=O) groups is 3. The van der Waals surface area contributed by atoms with Crippen molar-refractivity contribution in [3.63, 3.8) is 0 Å². The van der Waals surface area contributed by atoms with Crippen LogP contribution in [0.1, 0.15) is 12.8 Å². The fourth-order valence-corrected chi connectivity index (χ4v) is 2.68. The van der Waals surface area contributed by atoms with Crippen molar-refractivity contribution in [1.29, 1.82) is 0 Å². The molecule has 0 amide bonds. The molecule has 2 saturated heterocycles. The molecular weight excluding hydrogens is 212 g/mol. The maximum atomic E-state index is 11.5. The second-order valence-electron chi connectivity index (χ2n) is 4.32. The van der Waals surface area contributed by atoms with Crippen molar-refractivity contribution in [3.05, 3.63) is 11.6 Å². The predicted octanol–water partition coefficient (Wildman–Crippen LogP) is -0.0113. The Morgan fingerprint density at radius 1 is 1.31 bits per heavy atom. The van der Waals surface area contributed by atoms with Gasteiger partial charge in [0.1, 0.15) is 18.3 Å². The lowest BCUT2D eigenvalue weighted by atomic mass is 9.79. The molecule has 1 aliphatic carbocycles. The minimum atomic E-state index is -0.544. The molecule has 3 aliphatic rings. The van der Waals surface area contributed by atoms with E-state index in [1.807, 2.05) is 6.08 Å². The van der Waals surface area contributed by atoms with E-state index in [0.717, 1.165) is 11.9 Å². The second-order valence-corrected chi connectivity index (χ2v) is 4.32. The molecule has 1 unspecified atom stereocenters. The number of allylic oxidation sites excluding steroid dienone is 1. The molecule has 2 aliphatic heterocycles. The zero-order valence-electron chi connectivity index (χ0n) is 8.42. The van der Waals surface area contributed by atoms with E-state index < -0.39 is 36.0 Å². The van der Waals surface area contributed by atoms with E-state index in [-0.39, 0.29) is 0 Å². The molecule has 2 fully saturated rings. The summed E-state index contributed by atoms with van der Waals surface area (Å²) in [5, 5.41) is 0. The Hall–Kier alpha value is -1.49. The first-order valence-corrected chi connectivity index (χ1v) is 5.26. The number of hydrogen-bond acceptors (Lipinski definition) is 5. The Balaban J connectivity index is 1.94. The van der Waals surface area contributed by atoms with Crippen LogP contribution < -0.4 is 0 Å². The molecule has 5 heteroatoms. The number of ether oxygens (including phenoxy) is 2. The Labute approximate surface area is 91.4 Å². The van der Waals surface area contributed by atoms with Crippen molar-refractivity contribution < 1.29 is 23.9 Å². The van der Waals surface area contributed by atoms with Crippen molar-refractivity contribution in [2.45, 2.75) is 25.0 Å². The number of esters is 2. The Morgan fingerprint density at radius 3 is 2.88 bits per heavy atom. The van der Waals surface area contributed by atoms with Crippen LogP contribution in [0.15, 0.2) is 11.6 Å². The van der Waals surface area contributed by atoms with Crippen molar-refractivity contribution >= 4 is 18.2 Å². The minimum absolute atomic E-state index is 0.424. The molecule has 5 nitrogen and oxygen atoms in total. The fraction of sp³-hybridized carbons (Fsp3) is 0.545. The zero-order valence-corrected chi connectivity index (χ0v) is 8.42. The third-order valence-corrected chi connectivity index (χ3v) is 3.45. The smallest absolute Gasteiger partial charge is 0.320 e. The fourth-order valence-electron chi connectivity index (χ4n) is 2.68. The molecule has 0 spiro atoms. The van der Waals surface area contributed by atoms with Gasteiger partial charge in [-0.15, -0.1) is 0 Å². The summed E-state index contributed by atoms with van der Waals surface area (Å²) in [6.07, 6.45) is 2.74. The highest BCUT2D eigenvalue weighted by molar-refractivity contribution is 5.97. The van der Waals surface area contributed by atoms with E-state index in [9.17, 15) is 14.4 Å². The summed E-state index contributed by atoms with van der Waals surface area (Å²) in [5.74, 6) is -1.95. The van der Waals surface area contributed by atoms with E-state index in [1.165, 1.54) is 0 Å². The molecule has 0 aromatic rings. The first kappa shape index (κ1) is 9.72. The number of fused-ring (bicyclic) bond motifs is 3. The van der Waals surface area contributed by atoms with Crippen molar-refractivity contribution in [2.24, 2.45) is 11.8 Å². The van der Waals surface area contributed by atoms with E-state index in [2.05, 4.69) is 4.74 Å². The number of rotatable bonds is 1. The standard InChI is InChI=1S/C11H10O5/c12-4-6-3-5-1-2-7-8(9(5)15-6)11(14)16-10(7)13/h1,4,6-9H,2-3H2/t6?,7-,8-,9+/m1/s1. The molecule has 0 aromatic heterocycles. The van der Waals surface area contributed by atoms with Gasteiger partial charge in [0.25, 0.3) is 0 Å². The van der Waals surface area contributed by atoms with Crippen LogP contribution in [0.25, 0.3) is 0 Å². The summed E-state index contributed by atoms with van der Waals surface area (Å²) >= 11 is 0. The lowest BCUT2D eigenvalue weighted by Crippen LogP contribution is -2.34. The summed E-state index contributed by atoms with van der Waals surface area (Å²) in [6.45, 7) is 0. The average Bonchev–Trinajstić information content (AvgIpc) is 2.80. The summed E-state index contributed by atoms with van der Waals surface area (Å²) in [5.41, 5.74) is 0.949. The first-order chi connectivity index (χ1) is 7.70. The van der Waals surface area contributed by atoms with Crippen LogP contribution in [0.2, 0.25) is 0 Å². The first-order valence-electron chi connectivity index (χ1n) is 5.26. The van der Waals surface area contributed by atoms with Crippen LogP contribution >= 0.6 is 0 Å². The highest BCUT2D eigenvalue weighted by atomic mass is 16.6. The van der Waals surface area contributed by atoms with Crippen molar-refractivity contribution in [2.75, 3.05) is 0 Å². The largest absolute Gasteiger partial charge is 0.393 e. The van der Waals surface area contributed by atoms with Gasteiger partial charge in [-0.2, -0.15) is 0 Å². The Kier molecular flexibility index (Phi) is 1.97. The Morgan fingerprint density at radius 2 is 2.12 bits per heavy atom. The summed E-state index contributed by atoms with van der Waals surface area (Å²) in [7, 11) is 0. The van der Waals surface area contributed by atoms with Gasteiger partial charge in [-0.3, -0.25) is 9.59 Å². The third-order valence-electron chi connectivity index (χ3n) is 3.45. The molecule has 4 atom stereocenters. The molecule has 16 heavy (non-hydrogen) atoms. The maximum Gasteiger partial charge on any atom is 0.320 e. The third kappa shape index (κ3) is 1.18. The SMILES string of the molecule is O=CC1CC2=CC[C@H]3C(=O)OC(=O)[C@H]3[C@H]2O1. The van der Waals surface area contributed by atoms with Gasteiger partial charge >= 0.3 is 11.9 Å². The normalized spacial score (nSPS) is 41.1. The predicted molar refractivity (Wildman–Crippen MR) is 50.1 cm³/mol. The van der Waals surface area contributed by atoms with Crippen LogP contribution in [0.4, 0.5) is 0 Å². The summed E-state index contributed by atoms with van der Waals surface area (Å²) < 4.78 is 10.1. The average molecular weight is 222 g/mol. The summed E-state index contributed by atoms with van der Waals surface area (Å²) in [6, 6.07) is 0. The molecule has 0 radical (unpaired) electrons. The molecule has 0 aromatic carbocycles. The van der Waals surface area contributed by atoms with E-state index in [0.29, 0.717) is 12.8 Å². The van der Waals surface area contributed by atoms with Crippen LogP contribution in [0.5, 0.6) is 0 Å². The molecule has 0 bridgehead atoms. The van der Waals surface area contributed by atoms with Gasteiger partial charge < -0.3 is 14.3 Å². The second kappa shape index (κ2) is 3.25. The minimum Gasteiger partial charge on any atom is -0.393 e. The van der Waals surface area contributed by atoms with Gasteiger partial charge in [-0.25, -0.2) is 0 Å². The van der Waals surface area contributed by atoms with Crippen LogP contribution in [0, 0.1) is 11.8 Å². The highest BCUT2D eigenvalue weighted by Crippen LogP contribution is 2.43. The number of hydrogen-bond donors (Lipinski definition) is 0. The quantitative estimate of drug-likeness (QED) is 0.270. The van der Waals surface area contributed by atoms with E-state index in [4.69, 9.17) is 4.74 Å². The van der Waals surface area contributed by atoms with Gasteiger partial charge in [0, 0.05) is 6.42 Å². The van der Waals surface area contributed by atoms with Crippen molar-refractivity contribution in [3.8, 4) is 0 Å². The molecule has 84 valence electrons. The number of aldehydes is 1. The summed E-state index contributed by atoms with van der Waals surface area (Å²) in [4.78, 5) is 33.5. The van der Waals surface area contributed by atoms with Crippen LogP contribution in [0.3, 0.4) is 0 Å². The van der Waals surface area contributed by atoms with Crippen LogP contribution in [-0.2, 0) is 23.9 Å². The van der Waals surface area contributed by atoms with E-state index >= 15 is 0 Å². The topological polar surface area (TPSA) is 69.7 Å². The van der Waals surface area contributed by atoms with E-state index in [1.54, 1.807) is 0 Å². The number of cyclic esters (lactones) is 2. The lowest BCUT2D eigenvalue weighted by Gasteiger charge is -2.24. The molecule has 0 N–H and O–H groups in total. The van der Waals surface area contributed by atoms with Gasteiger partial charge in [0.15, 0.2) is 0 Å². The molecule has 3 rings (SSSR count).